The number of piperidine rings is 1. The fourth-order valence-electron chi connectivity index (χ4n) is 2.54. The van der Waals surface area contributed by atoms with Crippen LogP contribution in [0.4, 0.5) is 5.69 Å². The smallest absolute Gasteiger partial charge is 0.142 e. The van der Waals surface area contributed by atoms with Gasteiger partial charge in [0, 0.05) is 25.7 Å². The van der Waals surface area contributed by atoms with Gasteiger partial charge in [-0.1, -0.05) is 12.1 Å². The topological polar surface area (TPSA) is 41.7 Å². The SMILES string of the molecule is CN(C)CCCOc1ccccc1N1CCC(N)CC1. The first-order valence-corrected chi connectivity index (χ1v) is 7.54. The van der Waals surface area contributed by atoms with Crippen LogP contribution in [-0.4, -0.2) is 51.3 Å². The Hall–Kier alpha value is -1.26. The van der Waals surface area contributed by atoms with Crippen molar-refractivity contribution in [2.24, 2.45) is 5.73 Å². The van der Waals surface area contributed by atoms with Gasteiger partial charge >= 0.3 is 0 Å². The van der Waals surface area contributed by atoms with Gasteiger partial charge in [-0.3, -0.25) is 0 Å². The normalized spacial score (nSPS) is 16.7. The predicted octanol–water partition coefficient (Wildman–Crippen LogP) is 1.94. The summed E-state index contributed by atoms with van der Waals surface area (Å²) in [5.74, 6) is 1.00. The molecule has 2 N–H and O–H groups in total. The Labute approximate surface area is 122 Å². The van der Waals surface area contributed by atoms with E-state index in [4.69, 9.17) is 10.5 Å². The molecule has 1 saturated heterocycles. The van der Waals surface area contributed by atoms with E-state index in [9.17, 15) is 0 Å². The van der Waals surface area contributed by atoms with Gasteiger partial charge in [0.15, 0.2) is 0 Å². The van der Waals surface area contributed by atoms with Crippen molar-refractivity contribution in [1.29, 1.82) is 0 Å². The summed E-state index contributed by atoms with van der Waals surface area (Å²) < 4.78 is 5.97. The molecule has 0 spiro atoms. The van der Waals surface area contributed by atoms with Gasteiger partial charge in [0.05, 0.1) is 12.3 Å². The van der Waals surface area contributed by atoms with Crippen LogP contribution >= 0.6 is 0 Å². The monoisotopic (exact) mass is 277 g/mol. The summed E-state index contributed by atoms with van der Waals surface area (Å²) in [5, 5.41) is 0. The van der Waals surface area contributed by atoms with Crippen LogP contribution in [0.3, 0.4) is 0 Å². The van der Waals surface area contributed by atoms with E-state index in [0.29, 0.717) is 6.04 Å². The number of hydrogen-bond acceptors (Lipinski definition) is 4. The highest BCUT2D eigenvalue weighted by molar-refractivity contribution is 5.58. The van der Waals surface area contributed by atoms with Crippen LogP contribution in [0.2, 0.25) is 0 Å². The van der Waals surface area contributed by atoms with Crippen molar-refractivity contribution in [1.82, 2.24) is 4.90 Å². The zero-order chi connectivity index (χ0) is 14.4. The van der Waals surface area contributed by atoms with Crippen molar-refractivity contribution < 1.29 is 4.74 Å². The first-order chi connectivity index (χ1) is 9.66. The lowest BCUT2D eigenvalue weighted by atomic mass is 10.1. The average Bonchev–Trinajstić information content (AvgIpc) is 2.45. The molecule has 1 aromatic carbocycles. The van der Waals surface area contributed by atoms with Gasteiger partial charge in [0.2, 0.25) is 0 Å². The molecule has 1 heterocycles. The molecule has 0 saturated carbocycles. The van der Waals surface area contributed by atoms with E-state index in [1.54, 1.807) is 0 Å². The lowest BCUT2D eigenvalue weighted by Gasteiger charge is -2.33. The fourth-order valence-corrected chi connectivity index (χ4v) is 2.54. The average molecular weight is 277 g/mol. The Bertz CT molecular complexity index is 400. The molecular formula is C16H27N3O. The van der Waals surface area contributed by atoms with Gasteiger partial charge in [-0.05, 0) is 45.5 Å². The van der Waals surface area contributed by atoms with Crippen LogP contribution in [0.5, 0.6) is 5.75 Å². The van der Waals surface area contributed by atoms with Crippen LogP contribution in [0.15, 0.2) is 24.3 Å². The van der Waals surface area contributed by atoms with E-state index >= 15 is 0 Å². The van der Waals surface area contributed by atoms with Gasteiger partial charge in [0.1, 0.15) is 5.75 Å². The molecular weight excluding hydrogens is 250 g/mol. The fraction of sp³-hybridized carbons (Fsp3) is 0.625. The molecule has 1 fully saturated rings. The lowest BCUT2D eigenvalue weighted by molar-refractivity contribution is 0.281. The molecule has 2 rings (SSSR count). The number of nitrogens with zero attached hydrogens (tertiary/aromatic N) is 2. The third kappa shape index (κ3) is 4.39. The highest BCUT2D eigenvalue weighted by Crippen LogP contribution is 2.30. The molecule has 1 aliphatic rings. The molecule has 20 heavy (non-hydrogen) atoms. The number of hydrogen-bond donors (Lipinski definition) is 1. The molecule has 1 aliphatic heterocycles. The molecule has 0 amide bonds. The zero-order valence-corrected chi connectivity index (χ0v) is 12.7. The van der Waals surface area contributed by atoms with Crippen LogP contribution in [0, 0.1) is 0 Å². The number of benzene rings is 1. The number of anilines is 1. The quantitative estimate of drug-likeness (QED) is 0.807. The summed E-state index contributed by atoms with van der Waals surface area (Å²) in [5.41, 5.74) is 7.19. The Balaban J connectivity index is 1.92. The van der Waals surface area contributed by atoms with Gasteiger partial charge in [-0.2, -0.15) is 0 Å². The molecule has 0 bridgehead atoms. The molecule has 0 aliphatic carbocycles. The van der Waals surface area contributed by atoms with Crippen molar-refractivity contribution in [2.45, 2.75) is 25.3 Å². The van der Waals surface area contributed by atoms with Crippen molar-refractivity contribution in [3.8, 4) is 5.75 Å². The molecule has 0 unspecified atom stereocenters. The summed E-state index contributed by atoms with van der Waals surface area (Å²) in [7, 11) is 4.18. The number of rotatable bonds is 6. The Kier molecular flexibility index (Phi) is 5.68. The Morgan fingerprint density at radius 2 is 1.95 bits per heavy atom. The Morgan fingerprint density at radius 1 is 1.25 bits per heavy atom. The van der Waals surface area contributed by atoms with E-state index in [1.807, 2.05) is 6.07 Å². The molecule has 4 nitrogen and oxygen atoms in total. The van der Waals surface area contributed by atoms with E-state index < -0.39 is 0 Å². The van der Waals surface area contributed by atoms with Crippen LogP contribution in [0.25, 0.3) is 0 Å². The highest BCUT2D eigenvalue weighted by atomic mass is 16.5. The second-order valence-electron chi connectivity index (χ2n) is 5.80. The van der Waals surface area contributed by atoms with Gasteiger partial charge in [-0.25, -0.2) is 0 Å². The largest absolute Gasteiger partial charge is 0.491 e. The maximum atomic E-state index is 5.98. The lowest BCUT2D eigenvalue weighted by Crippen LogP contribution is -2.39. The number of nitrogens with two attached hydrogens (primary N) is 1. The second-order valence-corrected chi connectivity index (χ2v) is 5.80. The molecule has 112 valence electrons. The molecule has 4 heteroatoms. The summed E-state index contributed by atoms with van der Waals surface area (Å²) in [4.78, 5) is 4.58. The van der Waals surface area contributed by atoms with E-state index in [1.165, 1.54) is 5.69 Å². The predicted molar refractivity (Wildman–Crippen MR) is 84.5 cm³/mol. The van der Waals surface area contributed by atoms with E-state index in [-0.39, 0.29) is 0 Å². The summed E-state index contributed by atoms with van der Waals surface area (Å²) >= 11 is 0. The maximum Gasteiger partial charge on any atom is 0.142 e. The van der Waals surface area contributed by atoms with E-state index in [0.717, 1.165) is 51.3 Å². The van der Waals surface area contributed by atoms with Crippen molar-refractivity contribution in [3.05, 3.63) is 24.3 Å². The highest BCUT2D eigenvalue weighted by Gasteiger charge is 2.18. The van der Waals surface area contributed by atoms with E-state index in [2.05, 4.69) is 42.1 Å². The van der Waals surface area contributed by atoms with Crippen LogP contribution < -0.4 is 15.4 Å². The van der Waals surface area contributed by atoms with Crippen molar-refractivity contribution >= 4 is 5.69 Å². The molecule has 0 aromatic heterocycles. The molecule has 0 radical (unpaired) electrons. The maximum absolute atomic E-state index is 5.98. The van der Waals surface area contributed by atoms with Gasteiger partial charge in [0.25, 0.3) is 0 Å². The zero-order valence-electron chi connectivity index (χ0n) is 12.7. The minimum absolute atomic E-state index is 0.361. The molecule has 0 atom stereocenters. The van der Waals surface area contributed by atoms with Gasteiger partial charge in [-0.15, -0.1) is 0 Å². The third-order valence-electron chi connectivity index (χ3n) is 3.75. The minimum atomic E-state index is 0.361. The third-order valence-corrected chi connectivity index (χ3v) is 3.75. The summed E-state index contributed by atoms with van der Waals surface area (Å²) in [6.07, 6.45) is 3.18. The minimum Gasteiger partial charge on any atom is -0.491 e. The summed E-state index contributed by atoms with van der Waals surface area (Å²) in [6, 6.07) is 8.70. The van der Waals surface area contributed by atoms with Crippen molar-refractivity contribution in [2.75, 3.05) is 45.2 Å². The van der Waals surface area contributed by atoms with Crippen LogP contribution in [0.1, 0.15) is 19.3 Å². The van der Waals surface area contributed by atoms with Crippen LogP contribution in [-0.2, 0) is 0 Å². The standard InChI is InChI=1S/C16H27N3O/c1-18(2)10-5-13-20-16-7-4-3-6-15(16)19-11-8-14(17)9-12-19/h3-4,6-7,14H,5,8-13,17H2,1-2H3. The first-order valence-electron chi connectivity index (χ1n) is 7.54. The second kappa shape index (κ2) is 7.50. The van der Waals surface area contributed by atoms with Gasteiger partial charge < -0.3 is 20.3 Å². The first kappa shape index (κ1) is 15.1. The van der Waals surface area contributed by atoms with Crippen molar-refractivity contribution in [3.63, 3.8) is 0 Å². The number of ether oxygens (including phenoxy) is 1. The summed E-state index contributed by atoms with van der Waals surface area (Å²) in [6.45, 7) is 3.88. The number of para-hydroxylation sites is 2. The molecule has 1 aromatic rings. The Morgan fingerprint density at radius 3 is 2.65 bits per heavy atom.